The van der Waals surface area contributed by atoms with Gasteiger partial charge in [-0.1, -0.05) is 0 Å². The zero-order valence-electron chi connectivity index (χ0n) is 10.9. The van der Waals surface area contributed by atoms with Gasteiger partial charge in [-0.05, 0) is 50.7 Å². The quantitative estimate of drug-likeness (QED) is 0.828. The maximum atomic E-state index is 12.6. The first-order valence-electron chi connectivity index (χ1n) is 7.29. The minimum atomic E-state index is -0.0960. The largest absolute Gasteiger partial charge is 0.333 e. The van der Waals surface area contributed by atoms with Crippen LogP contribution in [0.2, 0.25) is 0 Å². The second-order valence-corrected chi connectivity index (χ2v) is 6.04. The van der Waals surface area contributed by atoms with Gasteiger partial charge in [-0.15, -0.1) is 0 Å². The summed E-state index contributed by atoms with van der Waals surface area (Å²) in [6.07, 6.45) is 8.35. The van der Waals surface area contributed by atoms with Crippen LogP contribution in [-0.4, -0.2) is 27.5 Å². The number of hydrogen-bond acceptors (Lipinski definition) is 2. The van der Waals surface area contributed by atoms with Crippen LogP contribution >= 0.6 is 0 Å². The van der Waals surface area contributed by atoms with Crippen LogP contribution < -0.4 is 5.56 Å². The molecule has 100 valence electrons. The highest BCUT2D eigenvalue weighted by Gasteiger charge is 2.43. The lowest BCUT2D eigenvalue weighted by molar-refractivity contribution is 0.0727. The van der Waals surface area contributed by atoms with Crippen molar-refractivity contribution in [2.45, 2.75) is 56.7 Å². The second kappa shape index (κ2) is 3.95. The fourth-order valence-electron chi connectivity index (χ4n) is 2.79. The lowest BCUT2D eigenvalue weighted by atomic mass is 10.2. The molecule has 4 rings (SSSR count). The minimum absolute atomic E-state index is 0.0370. The molecule has 1 heterocycles. The molecule has 1 aromatic rings. The van der Waals surface area contributed by atoms with Gasteiger partial charge in [0, 0.05) is 24.3 Å². The molecule has 0 aliphatic heterocycles. The Morgan fingerprint density at radius 1 is 1.11 bits per heavy atom. The molecule has 0 saturated heterocycles. The molecule has 3 saturated carbocycles. The average molecular weight is 258 g/mol. The summed E-state index contributed by atoms with van der Waals surface area (Å²) in [4.78, 5) is 27.0. The van der Waals surface area contributed by atoms with Crippen molar-refractivity contribution in [3.8, 4) is 0 Å². The van der Waals surface area contributed by atoms with E-state index in [4.69, 9.17) is 0 Å². The fourth-order valence-corrected chi connectivity index (χ4v) is 2.79. The summed E-state index contributed by atoms with van der Waals surface area (Å²) in [5, 5.41) is 0. The average Bonchev–Trinajstić information content (AvgIpc) is 3.28. The molecular formula is C15H18N2O2. The molecule has 0 spiro atoms. The summed E-state index contributed by atoms with van der Waals surface area (Å²) in [5.74, 6) is -0.0370. The Labute approximate surface area is 112 Å². The van der Waals surface area contributed by atoms with Crippen LogP contribution in [0.5, 0.6) is 0 Å². The van der Waals surface area contributed by atoms with E-state index in [2.05, 4.69) is 0 Å². The SMILES string of the molecule is O=C(c1cccn(C2CC2)c1=O)N(C1CC1)C1CC1. The van der Waals surface area contributed by atoms with E-state index in [1.165, 1.54) is 0 Å². The van der Waals surface area contributed by atoms with Crippen LogP contribution in [-0.2, 0) is 0 Å². The van der Waals surface area contributed by atoms with E-state index < -0.39 is 0 Å². The van der Waals surface area contributed by atoms with E-state index in [0.717, 1.165) is 38.5 Å². The van der Waals surface area contributed by atoms with Crippen molar-refractivity contribution in [1.82, 2.24) is 9.47 Å². The predicted octanol–water partition coefficient (Wildman–Crippen LogP) is 1.95. The zero-order valence-corrected chi connectivity index (χ0v) is 10.9. The predicted molar refractivity (Wildman–Crippen MR) is 71.2 cm³/mol. The van der Waals surface area contributed by atoms with Gasteiger partial charge in [-0.2, -0.15) is 0 Å². The molecule has 4 heteroatoms. The van der Waals surface area contributed by atoms with Gasteiger partial charge in [0.05, 0.1) is 0 Å². The van der Waals surface area contributed by atoms with Crippen LogP contribution in [0.3, 0.4) is 0 Å². The molecule has 0 bridgehead atoms. The Kier molecular flexibility index (Phi) is 2.34. The highest BCUT2D eigenvalue weighted by molar-refractivity contribution is 5.94. The number of rotatable bonds is 4. The zero-order chi connectivity index (χ0) is 13.0. The highest BCUT2D eigenvalue weighted by atomic mass is 16.2. The van der Waals surface area contributed by atoms with E-state index >= 15 is 0 Å². The maximum Gasteiger partial charge on any atom is 0.263 e. The topological polar surface area (TPSA) is 42.3 Å². The third-order valence-electron chi connectivity index (χ3n) is 4.26. The Morgan fingerprint density at radius 2 is 1.74 bits per heavy atom. The van der Waals surface area contributed by atoms with E-state index in [0.29, 0.717) is 23.7 Å². The Morgan fingerprint density at radius 3 is 2.26 bits per heavy atom. The molecule has 0 unspecified atom stereocenters. The van der Waals surface area contributed by atoms with Crippen molar-refractivity contribution in [2.24, 2.45) is 0 Å². The summed E-state index contributed by atoms with van der Waals surface area (Å²) in [5.41, 5.74) is 0.273. The second-order valence-electron chi connectivity index (χ2n) is 6.04. The summed E-state index contributed by atoms with van der Waals surface area (Å²) in [6, 6.07) is 4.66. The number of nitrogens with zero attached hydrogens (tertiary/aromatic N) is 2. The van der Waals surface area contributed by atoms with E-state index in [9.17, 15) is 9.59 Å². The number of carbonyl (C=O) groups excluding carboxylic acids is 1. The standard InChI is InChI=1S/C15H18N2O2/c18-14-13(2-1-9-16(14)10-3-4-10)15(19)17(11-5-6-11)12-7-8-12/h1-2,9-12H,3-8H2. The number of carbonyl (C=O) groups is 1. The van der Waals surface area contributed by atoms with Gasteiger partial charge in [-0.25, -0.2) is 0 Å². The lowest BCUT2D eigenvalue weighted by Crippen LogP contribution is -2.39. The van der Waals surface area contributed by atoms with Gasteiger partial charge in [0.15, 0.2) is 0 Å². The minimum Gasteiger partial charge on any atom is -0.333 e. The van der Waals surface area contributed by atoms with Gasteiger partial charge in [0.2, 0.25) is 0 Å². The number of aromatic nitrogens is 1. The van der Waals surface area contributed by atoms with Crippen LogP contribution in [0.1, 0.15) is 54.9 Å². The van der Waals surface area contributed by atoms with Crippen molar-refractivity contribution in [3.63, 3.8) is 0 Å². The molecule has 3 aliphatic rings. The van der Waals surface area contributed by atoms with Gasteiger partial charge >= 0.3 is 0 Å². The molecule has 1 aromatic heterocycles. The number of hydrogen-bond donors (Lipinski definition) is 0. The fraction of sp³-hybridized carbons (Fsp3) is 0.600. The molecule has 4 nitrogen and oxygen atoms in total. The first-order chi connectivity index (χ1) is 9.25. The lowest BCUT2D eigenvalue weighted by Gasteiger charge is -2.22. The normalized spacial score (nSPS) is 22.3. The Bertz CT molecular complexity index is 568. The molecule has 0 aromatic carbocycles. The summed E-state index contributed by atoms with van der Waals surface area (Å²) < 4.78 is 1.74. The molecular weight excluding hydrogens is 240 g/mol. The van der Waals surface area contributed by atoms with E-state index in [-0.39, 0.29) is 11.5 Å². The van der Waals surface area contributed by atoms with Crippen molar-refractivity contribution in [3.05, 3.63) is 34.2 Å². The van der Waals surface area contributed by atoms with Crippen LogP contribution in [0.25, 0.3) is 0 Å². The van der Waals surface area contributed by atoms with Crippen LogP contribution in [0.4, 0.5) is 0 Å². The van der Waals surface area contributed by atoms with Gasteiger partial charge < -0.3 is 9.47 Å². The van der Waals surface area contributed by atoms with Crippen molar-refractivity contribution >= 4 is 5.91 Å². The molecule has 1 amide bonds. The summed E-state index contributed by atoms with van der Waals surface area (Å²) >= 11 is 0. The number of amides is 1. The molecule has 0 radical (unpaired) electrons. The first-order valence-corrected chi connectivity index (χ1v) is 7.29. The molecule has 3 aliphatic carbocycles. The van der Waals surface area contributed by atoms with Crippen molar-refractivity contribution < 1.29 is 4.79 Å². The molecule has 0 N–H and O–H groups in total. The third kappa shape index (κ3) is 1.99. The van der Waals surface area contributed by atoms with E-state index in [1.807, 2.05) is 17.2 Å². The first kappa shape index (κ1) is 11.3. The highest BCUT2D eigenvalue weighted by Crippen LogP contribution is 2.38. The smallest absolute Gasteiger partial charge is 0.263 e. The van der Waals surface area contributed by atoms with Gasteiger partial charge in [-0.3, -0.25) is 9.59 Å². The van der Waals surface area contributed by atoms with Gasteiger partial charge in [0.25, 0.3) is 11.5 Å². The molecule has 3 fully saturated rings. The van der Waals surface area contributed by atoms with Gasteiger partial charge in [0.1, 0.15) is 5.56 Å². The van der Waals surface area contributed by atoms with Crippen molar-refractivity contribution in [1.29, 1.82) is 0 Å². The van der Waals surface area contributed by atoms with Crippen LogP contribution in [0.15, 0.2) is 23.1 Å². The van der Waals surface area contributed by atoms with E-state index in [1.54, 1.807) is 10.6 Å². The Balaban J connectivity index is 1.69. The third-order valence-corrected chi connectivity index (χ3v) is 4.26. The Hall–Kier alpha value is -1.58. The molecule has 0 atom stereocenters. The van der Waals surface area contributed by atoms with Crippen LogP contribution in [0, 0.1) is 0 Å². The number of pyridine rings is 1. The summed E-state index contributed by atoms with van der Waals surface area (Å²) in [7, 11) is 0. The maximum absolute atomic E-state index is 12.6. The summed E-state index contributed by atoms with van der Waals surface area (Å²) in [6.45, 7) is 0. The van der Waals surface area contributed by atoms with Crippen molar-refractivity contribution in [2.75, 3.05) is 0 Å². The monoisotopic (exact) mass is 258 g/mol. The molecule has 19 heavy (non-hydrogen) atoms.